The van der Waals surface area contributed by atoms with E-state index in [0.29, 0.717) is 18.0 Å². The van der Waals surface area contributed by atoms with Gasteiger partial charge in [-0.2, -0.15) is 0 Å². The summed E-state index contributed by atoms with van der Waals surface area (Å²) >= 11 is 0. The number of nitrogens with one attached hydrogen (secondary N) is 1. The maximum Gasteiger partial charge on any atom is 0.339 e. The topological polar surface area (TPSA) is 75.6 Å². The van der Waals surface area contributed by atoms with Crippen molar-refractivity contribution in [1.82, 2.24) is 5.32 Å². The molecule has 3 aromatic carbocycles. The molecule has 0 aliphatic heterocycles. The van der Waals surface area contributed by atoms with Crippen molar-refractivity contribution in [2.45, 2.75) is 58.9 Å². The van der Waals surface area contributed by atoms with Gasteiger partial charge < -0.3 is 15.2 Å². The van der Waals surface area contributed by atoms with E-state index in [1.54, 1.807) is 18.2 Å². The number of hydrogen-bond acceptors (Lipinski definition) is 3. The van der Waals surface area contributed by atoms with Crippen LogP contribution in [0.2, 0.25) is 0 Å². The standard InChI is InChI=1S/C30H35NO4/c1-3-5-6-7-12-23(4-2)29(32)31-21-22-11-10-13-25(20-22)24-16-18-26(19-17-24)35-28-15-9-8-14-27(28)30(33)34/h8-11,13-20,23H,3-7,12,21H2,1-2H3,(H,31,32)(H,33,34). The van der Waals surface area contributed by atoms with Crippen LogP contribution in [0.15, 0.2) is 72.8 Å². The minimum atomic E-state index is -1.03. The number of ether oxygens (including phenoxy) is 1. The van der Waals surface area contributed by atoms with Crippen LogP contribution in [-0.2, 0) is 11.3 Å². The number of rotatable bonds is 13. The number of para-hydroxylation sites is 1. The van der Waals surface area contributed by atoms with E-state index >= 15 is 0 Å². The van der Waals surface area contributed by atoms with Crippen LogP contribution in [0.4, 0.5) is 0 Å². The quantitative estimate of drug-likeness (QED) is 0.253. The molecule has 2 N–H and O–H groups in total. The van der Waals surface area contributed by atoms with E-state index in [4.69, 9.17) is 4.74 Å². The van der Waals surface area contributed by atoms with Crippen LogP contribution in [0.3, 0.4) is 0 Å². The van der Waals surface area contributed by atoms with Crippen LogP contribution in [0.25, 0.3) is 11.1 Å². The van der Waals surface area contributed by atoms with Gasteiger partial charge in [0.05, 0.1) is 0 Å². The molecular weight excluding hydrogens is 438 g/mol. The van der Waals surface area contributed by atoms with E-state index in [-0.39, 0.29) is 17.4 Å². The lowest BCUT2D eigenvalue weighted by atomic mass is 9.97. The predicted molar refractivity (Wildman–Crippen MR) is 140 cm³/mol. The summed E-state index contributed by atoms with van der Waals surface area (Å²) in [5, 5.41) is 12.4. The van der Waals surface area contributed by atoms with E-state index in [1.807, 2.05) is 42.5 Å². The highest BCUT2D eigenvalue weighted by molar-refractivity contribution is 5.91. The number of amides is 1. The van der Waals surface area contributed by atoms with Crippen LogP contribution in [0.5, 0.6) is 11.5 Å². The fourth-order valence-corrected chi connectivity index (χ4v) is 4.11. The molecule has 0 heterocycles. The first-order chi connectivity index (χ1) is 17.0. The molecule has 0 radical (unpaired) electrons. The molecule has 0 fully saturated rings. The Morgan fingerprint density at radius 2 is 1.66 bits per heavy atom. The summed E-state index contributed by atoms with van der Waals surface area (Å²) in [4.78, 5) is 24.1. The summed E-state index contributed by atoms with van der Waals surface area (Å²) in [5.74, 6) is 0.0610. The zero-order chi connectivity index (χ0) is 25.0. The second-order valence-corrected chi connectivity index (χ2v) is 8.80. The highest BCUT2D eigenvalue weighted by Crippen LogP contribution is 2.28. The van der Waals surface area contributed by atoms with Crippen molar-refractivity contribution in [2.24, 2.45) is 5.92 Å². The van der Waals surface area contributed by atoms with Crippen molar-refractivity contribution in [2.75, 3.05) is 0 Å². The monoisotopic (exact) mass is 473 g/mol. The summed E-state index contributed by atoms with van der Waals surface area (Å²) < 4.78 is 5.80. The van der Waals surface area contributed by atoms with Gasteiger partial charge in [-0.25, -0.2) is 4.79 Å². The number of aromatic carboxylic acids is 1. The summed E-state index contributed by atoms with van der Waals surface area (Å²) in [6.45, 7) is 4.78. The molecule has 1 amide bonds. The Morgan fingerprint density at radius 1 is 0.886 bits per heavy atom. The molecule has 0 aliphatic carbocycles. The number of carboxylic acids is 1. The van der Waals surface area contributed by atoms with Crippen molar-refractivity contribution in [1.29, 1.82) is 0 Å². The Labute approximate surface area is 208 Å². The number of carbonyl (C=O) groups excluding carboxylic acids is 1. The van der Waals surface area contributed by atoms with Gasteiger partial charge in [0.1, 0.15) is 17.1 Å². The zero-order valence-corrected chi connectivity index (χ0v) is 20.6. The Balaban J connectivity index is 1.60. The van der Waals surface area contributed by atoms with E-state index in [9.17, 15) is 14.7 Å². The lowest BCUT2D eigenvalue weighted by molar-refractivity contribution is -0.125. The van der Waals surface area contributed by atoms with Crippen molar-refractivity contribution < 1.29 is 19.4 Å². The van der Waals surface area contributed by atoms with Crippen LogP contribution in [0, 0.1) is 5.92 Å². The van der Waals surface area contributed by atoms with Crippen molar-refractivity contribution in [3.63, 3.8) is 0 Å². The fraction of sp³-hybridized carbons (Fsp3) is 0.333. The second-order valence-electron chi connectivity index (χ2n) is 8.80. The predicted octanol–water partition coefficient (Wildman–Crippen LogP) is 7.46. The molecule has 3 aromatic rings. The highest BCUT2D eigenvalue weighted by atomic mass is 16.5. The first kappa shape index (κ1) is 26.0. The van der Waals surface area contributed by atoms with Gasteiger partial charge in [0, 0.05) is 12.5 Å². The van der Waals surface area contributed by atoms with Gasteiger partial charge in [0.15, 0.2) is 0 Å². The van der Waals surface area contributed by atoms with Crippen LogP contribution < -0.4 is 10.1 Å². The minimum absolute atomic E-state index is 0.0776. The third-order valence-corrected chi connectivity index (χ3v) is 6.20. The number of unbranched alkanes of at least 4 members (excludes halogenated alkanes) is 3. The maximum absolute atomic E-state index is 12.7. The molecule has 5 heteroatoms. The molecular formula is C30H35NO4. The molecule has 0 spiro atoms. The summed E-state index contributed by atoms with van der Waals surface area (Å²) in [5.41, 5.74) is 3.23. The Hall–Kier alpha value is -3.60. The number of hydrogen-bond donors (Lipinski definition) is 2. The molecule has 184 valence electrons. The van der Waals surface area contributed by atoms with Gasteiger partial charge in [-0.1, -0.05) is 82.0 Å². The molecule has 1 unspecified atom stereocenters. The van der Waals surface area contributed by atoms with Crippen molar-refractivity contribution in [3.8, 4) is 22.6 Å². The van der Waals surface area contributed by atoms with Crippen LogP contribution >= 0.6 is 0 Å². The van der Waals surface area contributed by atoms with Crippen molar-refractivity contribution >= 4 is 11.9 Å². The largest absolute Gasteiger partial charge is 0.478 e. The zero-order valence-electron chi connectivity index (χ0n) is 20.6. The number of benzene rings is 3. The van der Waals surface area contributed by atoms with E-state index in [1.165, 1.54) is 25.3 Å². The lowest BCUT2D eigenvalue weighted by Gasteiger charge is -2.15. The third kappa shape index (κ3) is 7.71. The maximum atomic E-state index is 12.7. The molecule has 3 rings (SSSR count). The first-order valence-corrected chi connectivity index (χ1v) is 12.5. The van der Waals surface area contributed by atoms with Gasteiger partial charge in [-0.3, -0.25) is 4.79 Å². The van der Waals surface area contributed by atoms with Crippen molar-refractivity contribution in [3.05, 3.63) is 83.9 Å². The van der Waals surface area contributed by atoms with E-state index < -0.39 is 5.97 Å². The molecule has 0 saturated carbocycles. The smallest absolute Gasteiger partial charge is 0.339 e. The van der Waals surface area contributed by atoms with Crippen LogP contribution in [-0.4, -0.2) is 17.0 Å². The van der Waals surface area contributed by atoms with E-state index in [0.717, 1.165) is 36.0 Å². The van der Waals surface area contributed by atoms with Gasteiger partial charge in [-0.05, 0) is 59.9 Å². The molecule has 35 heavy (non-hydrogen) atoms. The van der Waals surface area contributed by atoms with Gasteiger partial charge >= 0.3 is 5.97 Å². The van der Waals surface area contributed by atoms with Gasteiger partial charge in [0.2, 0.25) is 5.91 Å². The van der Waals surface area contributed by atoms with Gasteiger partial charge in [-0.15, -0.1) is 0 Å². The highest BCUT2D eigenvalue weighted by Gasteiger charge is 2.16. The summed E-state index contributed by atoms with van der Waals surface area (Å²) in [6.07, 6.45) is 6.55. The summed E-state index contributed by atoms with van der Waals surface area (Å²) in [7, 11) is 0. The van der Waals surface area contributed by atoms with E-state index in [2.05, 4.69) is 25.2 Å². The SMILES string of the molecule is CCCCCCC(CC)C(=O)NCc1cccc(-c2ccc(Oc3ccccc3C(=O)O)cc2)c1. The Bertz CT molecular complexity index is 1110. The molecule has 0 bridgehead atoms. The summed E-state index contributed by atoms with van der Waals surface area (Å²) in [6, 6.07) is 22.2. The van der Waals surface area contributed by atoms with Crippen LogP contribution in [0.1, 0.15) is 68.3 Å². The minimum Gasteiger partial charge on any atom is -0.478 e. The number of carboxylic acid groups (broad SMARTS) is 1. The number of carbonyl (C=O) groups is 2. The molecule has 0 saturated heterocycles. The van der Waals surface area contributed by atoms with Gasteiger partial charge in [0.25, 0.3) is 0 Å². The third-order valence-electron chi connectivity index (χ3n) is 6.20. The molecule has 0 aliphatic rings. The molecule has 0 aromatic heterocycles. The Morgan fingerprint density at radius 3 is 2.37 bits per heavy atom. The first-order valence-electron chi connectivity index (χ1n) is 12.5. The molecule has 1 atom stereocenters. The second kappa shape index (κ2) is 13.3. The lowest BCUT2D eigenvalue weighted by Crippen LogP contribution is -2.30. The fourth-order valence-electron chi connectivity index (χ4n) is 4.11. The average Bonchev–Trinajstić information content (AvgIpc) is 2.88. The Kier molecular flexibility index (Phi) is 9.91. The normalized spacial score (nSPS) is 11.6. The molecule has 5 nitrogen and oxygen atoms in total. The average molecular weight is 474 g/mol.